The molecule has 8 heteroatoms. The molecule has 3 rings (SSSR count). The van der Waals surface area contributed by atoms with Crippen molar-refractivity contribution >= 4 is 40.4 Å². The normalized spacial score (nSPS) is 13.0. The molecule has 0 saturated carbocycles. The first-order chi connectivity index (χ1) is 12.5. The zero-order valence-corrected chi connectivity index (χ0v) is 15.0. The standard InChI is InChI=1S/C18H15ClN2O4S/c19-12-5-1-2-6-13(12)21-17(23)16(22)20-11-18(24,14-7-3-9-25-14)15-8-4-10-26-15/h1-10,24H,11H2,(H,20,22)(H,21,23)/t18-/m0/s1. The Kier molecular flexibility index (Phi) is 5.41. The molecule has 6 nitrogen and oxygen atoms in total. The van der Waals surface area contributed by atoms with Gasteiger partial charge in [0.05, 0.1) is 23.5 Å². The Bertz CT molecular complexity index is 860. The van der Waals surface area contributed by atoms with E-state index in [1.165, 1.54) is 17.6 Å². The summed E-state index contributed by atoms with van der Waals surface area (Å²) >= 11 is 7.27. The number of furan rings is 1. The van der Waals surface area contributed by atoms with E-state index in [2.05, 4.69) is 10.6 Å². The molecule has 0 bridgehead atoms. The molecule has 2 heterocycles. The average Bonchev–Trinajstić information content (AvgIpc) is 3.35. The summed E-state index contributed by atoms with van der Waals surface area (Å²) < 4.78 is 5.31. The molecule has 26 heavy (non-hydrogen) atoms. The molecule has 2 aromatic heterocycles. The summed E-state index contributed by atoms with van der Waals surface area (Å²) in [4.78, 5) is 24.8. The molecule has 0 radical (unpaired) electrons. The quantitative estimate of drug-likeness (QED) is 0.584. The number of hydrogen-bond donors (Lipinski definition) is 3. The van der Waals surface area contributed by atoms with E-state index in [1.54, 1.807) is 53.9 Å². The highest BCUT2D eigenvalue weighted by atomic mass is 35.5. The summed E-state index contributed by atoms with van der Waals surface area (Å²) in [6.07, 6.45) is 1.43. The third-order valence-corrected chi connectivity index (χ3v) is 5.04. The summed E-state index contributed by atoms with van der Waals surface area (Å²) in [5.74, 6) is -1.51. The predicted octanol–water partition coefficient (Wildman–Crippen LogP) is 2.99. The van der Waals surface area contributed by atoms with Gasteiger partial charge in [0.2, 0.25) is 0 Å². The van der Waals surface area contributed by atoms with Crippen LogP contribution in [0.3, 0.4) is 0 Å². The lowest BCUT2D eigenvalue weighted by molar-refractivity contribution is -0.136. The topological polar surface area (TPSA) is 91.6 Å². The van der Waals surface area contributed by atoms with Gasteiger partial charge in [-0.05, 0) is 35.7 Å². The van der Waals surface area contributed by atoms with E-state index in [0.29, 0.717) is 15.6 Å². The van der Waals surface area contributed by atoms with Crippen LogP contribution in [0.5, 0.6) is 0 Å². The number of thiophene rings is 1. The van der Waals surface area contributed by atoms with E-state index < -0.39 is 17.4 Å². The first kappa shape index (κ1) is 18.2. The summed E-state index contributed by atoms with van der Waals surface area (Å²) in [5.41, 5.74) is -1.24. The van der Waals surface area contributed by atoms with Crippen LogP contribution in [0.2, 0.25) is 5.02 Å². The highest BCUT2D eigenvalue weighted by Gasteiger charge is 2.36. The van der Waals surface area contributed by atoms with Gasteiger partial charge >= 0.3 is 11.8 Å². The summed E-state index contributed by atoms with van der Waals surface area (Å²) in [7, 11) is 0. The first-order valence-corrected chi connectivity index (χ1v) is 8.90. The van der Waals surface area contributed by atoms with Crippen LogP contribution >= 0.6 is 22.9 Å². The lowest BCUT2D eigenvalue weighted by Gasteiger charge is -2.25. The van der Waals surface area contributed by atoms with Crippen LogP contribution in [-0.2, 0) is 15.2 Å². The zero-order valence-electron chi connectivity index (χ0n) is 13.4. The van der Waals surface area contributed by atoms with E-state index in [9.17, 15) is 14.7 Å². The van der Waals surface area contributed by atoms with Crippen molar-refractivity contribution in [1.82, 2.24) is 5.32 Å². The maximum atomic E-state index is 12.1. The number of halogens is 1. The predicted molar refractivity (Wildman–Crippen MR) is 99.1 cm³/mol. The number of para-hydroxylation sites is 1. The van der Waals surface area contributed by atoms with Crippen molar-refractivity contribution in [1.29, 1.82) is 0 Å². The Labute approximate surface area is 158 Å². The Hall–Kier alpha value is -2.61. The molecule has 2 amide bonds. The van der Waals surface area contributed by atoms with Crippen molar-refractivity contribution in [2.45, 2.75) is 5.60 Å². The zero-order chi connectivity index (χ0) is 18.6. The van der Waals surface area contributed by atoms with E-state index >= 15 is 0 Å². The monoisotopic (exact) mass is 390 g/mol. The van der Waals surface area contributed by atoms with E-state index in [-0.39, 0.29) is 12.3 Å². The van der Waals surface area contributed by atoms with Crippen LogP contribution in [-0.4, -0.2) is 23.5 Å². The van der Waals surface area contributed by atoms with Gasteiger partial charge in [0.25, 0.3) is 0 Å². The molecule has 1 atom stereocenters. The van der Waals surface area contributed by atoms with Gasteiger partial charge in [-0.2, -0.15) is 0 Å². The second kappa shape index (κ2) is 7.74. The number of amides is 2. The number of hydrogen-bond acceptors (Lipinski definition) is 5. The van der Waals surface area contributed by atoms with Gasteiger partial charge in [-0.1, -0.05) is 29.8 Å². The second-order valence-corrected chi connectivity index (χ2v) is 6.79. The maximum absolute atomic E-state index is 12.1. The minimum Gasteiger partial charge on any atom is -0.466 e. The molecular formula is C18H15ClN2O4S. The minimum atomic E-state index is -1.57. The lowest BCUT2D eigenvalue weighted by Crippen LogP contribution is -2.44. The molecule has 0 spiro atoms. The van der Waals surface area contributed by atoms with Crippen LogP contribution in [0.15, 0.2) is 64.6 Å². The Balaban J connectivity index is 1.70. The molecule has 0 unspecified atom stereocenters. The van der Waals surface area contributed by atoms with Gasteiger partial charge in [0.15, 0.2) is 5.60 Å². The molecular weight excluding hydrogens is 376 g/mol. The first-order valence-electron chi connectivity index (χ1n) is 7.65. The van der Waals surface area contributed by atoms with E-state index in [4.69, 9.17) is 16.0 Å². The number of benzene rings is 1. The van der Waals surface area contributed by atoms with Crippen molar-refractivity contribution in [3.05, 3.63) is 75.8 Å². The molecule has 0 aliphatic carbocycles. The van der Waals surface area contributed by atoms with Crippen LogP contribution in [0.25, 0.3) is 0 Å². The van der Waals surface area contributed by atoms with Crippen LogP contribution in [0.4, 0.5) is 5.69 Å². The van der Waals surface area contributed by atoms with Crippen LogP contribution < -0.4 is 10.6 Å². The van der Waals surface area contributed by atoms with Crippen LogP contribution in [0.1, 0.15) is 10.6 Å². The molecule has 0 aliphatic rings. The number of anilines is 1. The summed E-state index contributed by atoms with van der Waals surface area (Å²) in [5, 5.41) is 18.0. The number of aliphatic hydroxyl groups is 1. The summed E-state index contributed by atoms with van der Waals surface area (Å²) in [6.45, 7) is -0.226. The lowest BCUT2D eigenvalue weighted by atomic mass is 9.98. The van der Waals surface area contributed by atoms with Crippen molar-refractivity contribution in [2.75, 3.05) is 11.9 Å². The van der Waals surface area contributed by atoms with E-state index in [0.717, 1.165) is 0 Å². The number of nitrogens with one attached hydrogen (secondary N) is 2. The van der Waals surface area contributed by atoms with Crippen molar-refractivity contribution in [3.8, 4) is 0 Å². The van der Waals surface area contributed by atoms with Gasteiger partial charge in [-0.3, -0.25) is 9.59 Å². The van der Waals surface area contributed by atoms with Crippen LogP contribution in [0, 0.1) is 0 Å². The smallest absolute Gasteiger partial charge is 0.313 e. The fourth-order valence-corrected chi connectivity index (χ4v) is 3.37. The largest absolute Gasteiger partial charge is 0.466 e. The molecule has 1 aromatic carbocycles. The minimum absolute atomic E-state index is 0.226. The fourth-order valence-electron chi connectivity index (χ4n) is 2.35. The second-order valence-electron chi connectivity index (χ2n) is 5.43. The molecule has 3 N–H and O–H groups in total. The molecule has 0 fully saturated rings. The van der Waals surface area contributed by atoms with Crippen molar-refractivity contribution < 1.29 is 19.1 Å². The third-order valence-electron chi connectivity index (χ3n) is 3.69. The fraction of sp³-hybridized carbons (Fsp3) is 0.111. The average molecular weight is 391 g/mol. The molecule has 0 aliphatic heterocycles. The third kappa shape index (κ3) is 3.80. The van der Waals surface area contributed by atoms with E-state index in [1.807, 2.05) is 0 Å². The van der Waals surface area contributed by atoms with Gasteiger partial charge in [0.1, 0.15) is 5.76 Å². The van der Waals surface area contributed by atoms with Gasteiger partial charge in [0, 0.05) is 4.88 Å². The Morgan fingerprint density at radius 3 is 2.58 bits per heavy atom. The van der Waals surface area contributed by atoms with Gasteiger partial charge in [-0.15, -0.1) is 11.3 Å². The van der Waals surface area contributed by atoms with Gasteiger partial charge in [-0.25, -0.2) is 0 Å². The molecule has 0 saturated heterocycles. The van der Waals surface area contributed by atoms with Crippen molar-refractivity contribution in [2.24, 2.45) is 0 Å². The van der Waals surface area contributed by atoms with Crippen molar-refractivity contribution in [3.63, 3.8) is 0 Å². The maximum Gasteiger partial charge on any atom is 0.313 e. The number of carbonyl (C=O) groups is 2. The number of carbonyl (C=O) groups excluding carboxylic acids is 2. The highest BCUT2D eigenvalue weighted by molar-refractivity contribution is 7.10. The molecule has 134 valence electrons. The number of rotatable bonds is 5. The Morgan fingerprint density at radius 1 is 1.12 bits per heavy atom. The Morgan fingerprint density at radius 2 is 1.92 bits per heavy atom. The van der Waals surface area contributed by atoms with Gasteiger partial charge < -0.3 is 20.2 Å². The highest BCUT2D eigenvalue weighted by Crippen LogP contribution is 2.32. The molecule has 3 aromatic rings. The summed E-state index contributed by atoms with van der Waals surface area (Å²) in [6, 6.07) is 13.3. The SMILES string of the molecule is O=C(NC[C@](O)(c1ccco1)c1cccs1)C(=O)Nc1ccccc1Cl.